The van der Waals surface area contributed by atoms with Crippen LogP contribution in [0.3, 0.4) is 0 Å². The lowest BCUT2D eigenvalue weighted by atomic mass is 10.1. The number of benzene rings is 1. The summed E-state index contributed by atoms with van der Waals surface area (Å²) in [5.41, 5.74) is 5.89. The number of nitrogens with two attached hydrogens (primary N) is 1. The highest BCUT2D eigenvalue weighted by Crippen LogP contribution is 2.27. The number of rotatable bonds is 1. The van der Waals surface area contributed by atoms with Crippen molar-refractivity contribution in [2.24, 2.45) is 0 Å². The third kappa shape index (κ3) is 1.95. The molecule has 2 heterocycles. The molecule has 18 heavy (non-hydrogen) atoms. The summed E-state index contributed by atoms with van der Waals surface area (Å²) in [7, 11) is 0. The summed E-state index contributed by atoms with van der Waals surface area (Å²) in [6.07, 6.45) is 2.20. The first kappa shape index (κ1) is 11.5. The number of likely N-dealkylation sites (tertiary alicyclic amines) is 1. The van der Waals surface area contributed by atoms with Gasteiger partial charge in [-0.3, -0.25) is 4.79 Å². The molecule has 2 unspecified atom stereocenters. The van der Waals surface area contributed by atoms with Gasteiger partial charge in [0.2, 0.25) is 0 Å². The maximum atomic E-state index is 13.7. The van der Waals surface area contributed by atoms with Crippen molar-refractivity contribution < 1.29 is 13.9 Å². The van der Waals surface area contributed by atoms with Gasteiger partial charge in [0, 0.05) is 18.8 Å². The number of fused-ring (bicyclic) bond motifs is 2. The third-order valence-electron chi connectivity index (χ3n) is 3.55. The van der Waals surface area contributed by atoms with E-state index in [1.54, 1.807) is 11.0 Å². The van der Waals surface area contributed by atoms with Crippen molar-refractivity contribution in [2.45, 2.75) is 25.0 Å². The Morgan fingerprint density at radius 1 is 1.33 bits per heavy atom. The molecule has 0 saturated carbocycles. The summed E-state index contributed by atoms with van der Waals surface area (Å²) >= 11 is 0. The average Bonchev–Trinajstić information content (AvgIpc) is 2.67. The summed E-state index contributed by atoms with van der Waals surface area (Å²) in [5, 5.41) is 0. The standard InChI is InChI=1S/C13H15FN2O2/c14-12-5-8(15)1-4-11(12)13(17)16-6-9-2-3-10(7-16)18-9/h1,4-5,9-10H,2-3,6-7,15H2. The zero-order valence-electron chi connectivity index (χ0n) is 9.93. The summed E-state index contributed by atoms with van der Waals surface area (Å²) in [6.45, 7) is 1.11. The molecular weight excluding hydrogens is 235 g/mol. The number of anilines is 1. The van der Waals surface area contributed by atoms with Crippen LogP contribution in [-0.4, -0.2) is 36.1 Å². The van der Waals surface area contributed by atoms with Gasteiger partial charge in [0.25, 0.3) is 5.91 Å². The van der Waals surface area contributed by atoms with Crippen LogP contribution in [0.4, 0.5) is 10.1 Å². The van der Waals surface area contributed by atoms with Crippen molar-refractivity contribution in [3.8, 4) is 0 Å². The van der Waals surface area contributed by atoms with E-state index in [0.717, 1.165) is 12.8 Å². The quantitative estimate of drug-likeness (QED) is 0.767. The topological polar surface area (TPSA) is 55.6 Å². The highest BCUT2D eigenvalue weighted by Gasteiger charge is 2.36. The van der Waals surface area contributed by atoms with E-state index >= 15 is 0 Å². The van der Waals surface area contributed by atoms with Crippen molar-refractivity contribution in [3.05, 3.63) is 29.6 Å². The Balaban J connectivity index is 1.82. The number of morpholine rings is 1. The molecule has 2 aliphatic heterocycles. The second-order valence-corrected chi connectivity index (χ2v) is 4.91. The van der Waals surface area contributed by atoms with Crippen LogP contribution >= 0.6 is 0 Å². The van der Waals surface area contributed by atoms with Gasteiger partial charge in [-0.2, -0.15) is 0 Å². The normalized spacial score (nSPS) is 26.4. The molecule has 0 spiro atoms. The highest BCUT2D eigenvalue weighted by atomic mass is 19.1. The summed E-state index contributed by atoms with van der Waals surface area (Å²) in [6, 6.07) is 4.18. The zero-order chi connectivity index (χ0) is 12.7. The summed E-state index contributed by atoms with van der Waals surface area (Å²) in [4.78, 5) is 13.9. The minimum Gasteiger partial charge on any atom is -0.399 e. The van der Waals surface area contributed by atoms with Crippen LogP contribution in [0.5, 0.6) is 0 Å². The van der Waals surface area contributed by atoms with Crippen LogP contribution in [0, 0.1) is 5.82 Å². The van der Waals surface area contributed by atoms with Gasteiger partial charge in [-0.05, 0) is 31.0 Å². The molecule has 1 amide bonds. The van der Waals surface area contributed by atoms with Gasteiger partial charge >= 0.3 is 0 Å². The maximum absolute atomic E-state index is 13.7. The predicted octanol–water partition coefficient (Wildman–Crippen LogP) is 1.41. The molecule has 96 valence electrons. The van der Waals surface area contributed by atoms with E-state index in [-0.39, 0.29) is 23.7 Å². The van der Waals surface area contributed by atoms with Gasteiger partial charge < -0.3 is 15.4 Å². The predicted molar refractivity (Wildman–Crippen MR) is 64.6 cm³/mol. The molecule has 2 bridgehead atoms. The Bertz CT molecular complexity index is 480. The lowest BCUT2D eigenvalue weighted by Gasteiger charge is -2.32. The number of carbonyl (C=O) groups is 1. The number of hydrogen-bond acceptors (Lipinski definition) is 3. The Kier molecular flexibility index (Phi) is 2.70. The SMILES string of the molecule is Nc1ccc(C(=O)N2CC3CCC(C2)O3)c(F)c1. The zero-order valence-corrected chi connectivity index (χ0v) is 9.93. The van der Waals surface area contributed by atoms with E-state index in [0.29, 0.717) is 18.8 Å². The molecular formula is C13H15FN2O2. The van der Waals surface area contributed by atoms with E-state index in [1.807, 2.05) is 0 Å². The second kappa shape index (κ2) is 4.24. The molecule has 2 N–H and O–H groups in total. The molecule has 4 nitrogen and oxygen atoms in total. The van der Waals surface area contributed by atoms with Gasteiger partial charge in [-0.15, -0.1) is 0 Å². The molecule has 2 saturated heterocycles. The second-order valence-electron chi connectivity index (χ2n) is 4.91. The Morgan fingerprint density at radius 2 is 2.00 bits per heavy atom. The number of nitrogen functional groups attached to an aromatic ring is 1. The molecule has 2 atom stereocenters. The largest absolute Gasteiger partial charge is 0.399 e. The van der Waals surface area contributed by atoms with E-state index in [9.17, 15) is 9.18 Å². The van der Waals surface area contributed by atoms with Gasteiger partial charge in [0.05, 0.1) is 17.8 Å². The van der Waals surface area contributed by atoms with E-state index in [2.05, 4.69) is 0 Å². The van der Waals surface area contributed by atoms with E-state index < -0.39 is 5.82 Å². The lowest BCUT2D eigenvalue weighted by molar-refractivity contribution is -0.0304. The molecule has 1 aromatic carbocycles. The fourth-order valence-corrected chi connectivity index (χ4v) is 2.66. The number of halogens is 1. The van der Waals surface area contributed by atoms with Crippen molar-refractivity contribution in [3.63, 3.8) is 0 Å². The lowest BCUT2D eigenvalue weighted by Crippen LogP contribution is -2.46. The molecule has 2 aliphatic rings. The third-order valence-corrected chi connectivity index (χ3v) is 3.55. The fraction of sp³-hybridized carbons (Fsp3) is 0.462. The number of hydrogen-bond donors (Lipinski definition) is 1. The van der Waals surface area contributed by atoms with Crippen molar-refractivity contribution in [2.75, 3.05) is 18.8 Å². The van der Waals surface area contributed by atoms with Gasteiger partial charge in [0.1, 0.15) is 5.82 Å². The van der Waals surface area contributed by atoms with Crippen LogP contribution in [0.25, 0.3) is 0 Å². The minimum absolute atomic E-state index is 0.0884. The van der Waals surface area contributed by atoms with Crippen LogP contribution in [0.1, 0.15) is 23.2 Å². The number of nitrogens with zero attached hydrogens (tertiary/aromatic N) is 1. The van der Waals surface area contributed by atoms with Gasteiger partial charge in [-0.1, -0.05) is 0 Å². The number of carbonyl (C=O) groups excluding carboxylic acids is 1. The van der Waals surface area contributed by atoms with Crippen LogP contribution in [-0.2, 0) is 4.74 Å². The van der Waals surface area contributed by atoms with Crippen LogP contribution in [0.2, 0.25) is 0 Å². The van der Waals surface area contributed by atoms with Gasteiger partial charge in [0.15, 0.2) is 0 Å². The maximum Gasteiger partial charge on any atom is 0.257 e. The van der Waals surface area contributed by atoms with Crippen molar-refractivity contribution in [1.29, 1.82) is 0 Å². The van der Waals surface area contributed by atoms with Gasteiger partial charge in [-0.25, -0.2) is 4.39 Å². The fourth-order valence-electron chi connectivity index (χ4n) is 2.66. The summed E-state index contributed by atoms with van der Waals surface area (Å²) < 4.78 is 19.4. The van der Waals surface area contributed by atoms with Crippen molar-refractivity contribution >= 4 is 11.6 Å². The molecule has 3 rings (SSSR count). The number of amides is 1. The molecule has 0 aliphatic carbocycles. The Morgan fingerprint density at radius 3 is 2.61 bits per heavy atom. The number of ether oxygens (including phenoxy) is 1. The smallest absolute Gasteiger partial charge is 0.257 e. The molecule has 1 aromatic rings. The molecule has 5 heteroatoms. The summed E-state index contributed by atoms with van der Waals surface area (Å²) in [5.74, 6) is -0.827. The first-order chi connectivity index (χ1) is 8.63. The monoisotopic (exact) mass is 250 g/mol. The average molecular weight is 250 g/mol. The molecule has 2 fully saturated rings. The highest BCUT2D eigenvalue weighted by molar-refractivity contribution is 5.95. The van der Waals surface area contributed by atoms with E-state index in [1.165, 1.54) is 12.1 Å². The first-order valence-corrected chi connectivity index (χ1v) is 6.13. The Hall–Kier alpha value is -1.62. The molecule has 0 aromatic heterocycles. The van der Waals surface area contributed by atoms with Crippen LogP contribution in [0.15, 0.2) is 18.2 Å². The first-order valence-electron chi connectivity index (χ1n) is 6.13. The van der Waals surface area contributed by atoms with Crippen LogP contribution < -0.4 is 5.73 Å². The molecule has 0 radical (unpaired) electrons. The minimum atomic E-state index is -0.557. The van der Waals surface area contributed by atoms with Crippen molar-refractivity contribution in [1.82, 2.24) is 4.90 Å². The Labute approximate surface area is 105 Å². The van der Waals surface area contributed by atoms with E-state index in [4.69, 9.17) is 10.5 Å².